The molecule has 0 aliphatic rings. The normalized spacial score (nSPS) is 13.0. The molecule has 0 saturated heterocycles. The summed E-state index contributed by atoms with van der Waals surface area (Å²) in [7, 11) is 1.19. The summed E-state index contributed by atoms with van der Waals surface area (Å²) in [6, 6.07) is 0. The molecule has 0 saturated carbocycles. The minimum Gasteiger partial charge on any atom is -0.756 e. The van der Waals surface area contributed by atoms with Gasteiger partial charge in [0.1, 0.15) is 19.8 Å². The van der Waals surface area contributed by atoms with E-state index in [4.69, 9.17) is 18.5 Å². The third-order valence-corrected chi connectivity index (χ3v) is 19.5. The van der Waals surface area contributed by atoms with Crippen molar-refractivity contribution in [2.75, 3.05) is 47.5 Å². The average molecular weight is 1280 g/mol. The summed E-state index contributed by atoms with van der Waals surface area (Å²) in [6.45, 7) is 4.33. The third kappa shape index (κ3) is 75.7. The molecule has 0 heterocycles. The van der Waals surface area contributed by atoms with E-state index < -0.39 is 26.5 Å². The van der Waals surface area contributed by atoms with E-state index in [0.717, 1.165) is 32.1 Å². The number of rotatable bonds is 76. The van der Waals surface area contributed by atoms with E-state index in [2.05, 4.69) is 26.0 Å². The van der Waals surface area contributed by atoms with Crippen LogP contribution in [0, 0.1) is 0 Å². The van der Waals surface area contributed by atoms with Gasteiger partial charge in [0.25, 0.3) is 7.82 Å². The Balaban J connectivity index is 3.87. The highest BCUT2D eigenvalue weighted by Gasteiger charge is 2.22. The Hall–Kier alpha value is -1.25. The van der Waals surface area contributed by atoms with Crippen molar-refractivity contribution in [3.05, 3.63) is 12.2 Å². The fourth-order valence-electron chi connectivity index (χ4n) is 12.4. The monoisotopic (exact) mass is 1280 g/mol. The average Bonchev–Trinajstić information content (AvgIpc) is 3.60. The second-order valence-electron chi connectivity index (χ2n) is 28.8. The van der Waals surface area contributed by atoms with Crippen LogP contribution in [0.3, 0.4) is 0 Å². The first-order valence-electron chi connectivity index (χ1n) is 39.9. The maximum atomic E-state index is 12.9. The van der Waals surface area contributed by atoms with E-state index in [-0.39, 0.29) is 32.0 Å². The molecule has 0 N–H and O–H groups in total. The Labute approximate surface area is 556 Å². The molecule has 0 aromatic rings. The smallest absolute Gasteiger partial charge is 0.306 e. The number of hydrogen-bond acceptors (Lipinski definition) is 8. The van der Waals surface area contributed by atoms with Gasteiger partial charge in [-0.2, -0.15) is 0 Å². The van der Waals surface area contributed by atoms with Crippen molar-refractivity contribution in [3.8, 4) is 0 Å². The molecule has 0 bridgehead atoms. The molecule has 9 nitrogen and oxygen atoms in total. The Kier molecular flexibility index (Phi) is 70.1. The summed E-state index contributed by atoms with van der Waals surface area (Å²) in [6.07, 6.45) is 89.2. The van der Waals surface area contributed by atoms with Gasteiger partial charge in [0, 0.05) is 12.8 Å². The minimum atomic E-state index is -4.64. The molecule has 2 unspecified atom stereocenters. The maximum Gasteiger partial charge on any atom is 0.306 e. The van der Waals surface area contributed by atoms with Crippen LogP contribution in [0.15, 0.2) is 12.2 Å². The van der Waals surface area contributed by atoms with Crippen LogP contribution in [0.4, 0.5) is 0 Å². The van der Waals surface area contributed by atoms with Crippen molar-refractivity contribution in [3.63, 3.8) is 0 Å². The highest BCUT2D eigenvalue weighted by atomic mass is 31.2. The van der Waals surface area contributed by atoms with E-state index in [9.17, 15) is 19.0 Å². The van der Waals surface area contributed by atoms with Crippen molar-refractivity contribution >= 4 is 19.8 Å². The SMILES string of the molecule is CCCCCCCCCC/C=C\CCCCCCCCCCCCCCCCCC(=O)OC(COC(=O)CCCCCCCCCCCCCCCCCCCCCCCCCCCCCCCCCCCCCCCC)COP(=O)([O-])OCC[N+](C)(C)C. The van der Waals surface area contributed by atoms with Crippen molar-refractivity contribution in [2.45, 2.75) is 437 Å². The summed E-state index contributed by atoms with van der Waals surface area (Å²) in [5.41, 5.74) is 0. The molecule has 0 amide bonds. The first-order chi connectivity index (χ1) is 43.5. The molecule has 530 valence electrons. The van der Waals surface area contributed by atoms with Crippen LogP contribution in [0.25, 0.3) is 0 Å². The number of quaternary nitrogens is 1. The van der Waals surface area contributed by atoms with Gasteiger partial charge in [-0.3, -0.25) is 14.2 Å². The largest absolute Gasteiger partial charge is 0.756 e. The van der Waals surface area contributed by atoms with Crippen LogP contribution in [0.2, 0.25) is 0 Å². The number of carbonyl (C=O) groups excluding carboxylic acids is 2. The highest BCUT2D eigenvalue weighted by Crippen LogP contribution is 2.38. The topological polar surface area (TPSA) is 111 Å². The number of allylic oxidation sites excluding steroid dienone is 2. The summed E-state index contributed by atoms with van der Waals surface area (Å²) in [5, 5.41) is 0. The standard InChI is InChI=1S/C79H156NO8P/c1-6-8-10-12-14-16-18-20-22-24-26-28-30-32-34-35-36-37-38-39-40-41-42-43-44-46-47-49-51-53-55-57-59-61-63-65-67-69-71-78(81)85-75-77(76-87-89(83,84)86-74-73-80(3,4)5)88-79(82)72-70-68-66-64-62-60-58-56-54-52-50-48-45-33-31-29-27-25-23-21-19-17-15-13-11-9-7-2/h25,27,77H,6-24,26,28-76H2,1-5H3/b27-25-. The van der Waals surface area contributed by atoms with Gasteiger partial charge in [0.05, 0.1) is 27.7 Å². The second kappa shape index (κ2) is 71.1. The van der Waals surface area contributed by atoms with Gasteiger partial charge in [0.15, 0.2) is 6.10 Å². The number of phosphoric acid groups is 1. The lowest BCUT2D eigenvalue weighted by molar-refractivity contribution is -0.870. The van der Waals surface area contributed by atoms with E-state index >= 15 is 0 Å². The Bertz CT molecular complexity index is 1500. The van der Waals surface area contributed by atoms with Crippen LogP contribution >= 0.6 is 7.82 Å². The van der Waals surface area contributed by atoms with Gasteiger partial charge in [-0.05, 0) is 38.5 Å². The zero-order chi connectivity index (χ0) is 64.8. The van der Waals surface area contributed by atoms with Crippen LogP contribution < -0.4 is 4.89 Å². The number of esters is 2. The molecule has 0 fully saturated rings. The molecule has 0 rings (SSSR count). The van der Waals surface area contributed by atoms with Crippen LogP contribution in [-0.2, 0) is 32.7 Å². The summed E-state index contributed by atoms with van der Waals surface area (Å²) in [4.78, 5) is 38.1. The molecular weight excluding hydrogens is 1120 g/mol. The van der Waals surface area contributed by atoms with E-state index in [1.54, 1.807) is 0 Å². The summed E-state index contributed by atoms with van der Waals surface area (Å²) in [5.74, 6) is -0.805. The zero-order valence-electron chi connectivity index (χ0n) is 60.7. The molecule has 10 heteroatoms. The predicted octanol–water partition coefficient (Wildman–Crippen LogP) is 25.6. The van der Waals surface area contributed by atoms with E-state index in [0.29, 0.717) is 17.4 Å². The van der Waals surface area contributed by atoms with E-state index in [1.807, 2.05) is 21.1 Å². The lowest BCUT2D eigenvalue weighted by Crippen LogP contribution is -2.37. The van der Waals surface area contributed by atoms with E-state index in [1.165, 1.54) is 366 Å². The Morgan fingerprint density at radius 2 is 0.573 bits per heavy atom. The van der Waals surface area contributed by atoms with Crippen molar-refractivity contribution < 1.29 is 42.1 Å². The van der Waals surface area contributed by atoms with Crippen LogP contribution in [-0.4, -0.2) is 70.0 Å². The quantitative estimate of drug-likeness (QED) is 0.0195. The van der Waals surface area contributed by atoms with Gasteiger partial charge in [-0.15, -0.1) is 0 Å². The third-order valence-electron chi connectivity index (χ3n) is 18.5. The first kappa shape index (κ1) is 87.8. The Morgan fingerprint density at radius 3 is 0.831 bits per heavy atom. The molecule has 0 aromatic heterocycles. The Morgan fingerprint density at radius 1 is 0.337 bits per heavy atom. The molecule has 89 heavy (non-hydrogen) atoms. The molecule has 0 aliphatic heterocycles. The zero-order valence-corrected chi connectivity index (χ0v) is 61.6. The first-order valence-corrected chi connectivity index (χ1v) is 41.4. The van der Waals surface area contributed by atoms with Gasteiger partial charge in [0.2, 0.25) is 0 Å². The molecule has 0 radical (unpaired) electrons. The maximum absolute atomic E-state index is 12.9. The van der Waals surface area contributed by atoms with Crippen molar-refractivity contribution in [2.24, 2.45) is 0 Å². The predicted molar refractivity (Wildman–Crippen MR) is 384 cm³/mol. The fourth-order valence-corrected chi connectivity index (χ4v) is 13.2. The molecular formula is C79H156NO8P. The summed E-state index contributed by atoms with van der Waals surface area (Å²) < 4.78 is 34.4. The van der Waals surface area contributed by atoms with Crippen molar-refractivity contribution in [1.29, 1.82) is 0 Å². The molecule has 0 aromatic carbocycles. The minimum absolute atomic E-state index is 0.0261. The van der Waals surface area contributed by atoms with Crippen molar-refractivity contribution in [1.82, 2.24) is 0 Å². The number of nitrogens with zero attached hydrogens (tertiary/aromatic N) is 1. The molecule has 0 aliphatic carbocycles. The number of phosphoric ester groups is 1. The van der Waals surface area contributed by atoms with Gasteiger partial charge in [-0.25, -0.2) is 0 Å². The fraction of sp³-hybridized carbons (Fsp3) is 0.949. The highest BCUT2D eigenvalue weighted by molar-refractivity contribution is 7.45. The lowest BCUT2D eigenvalue weighted by Gasteiger charge is -2.28. The molecule has 2 atom stereocenters. The molecule has 0 spiro atoms. The number of carbonyl (C=O) groups is 2. The summed E-state index contributed by atoms with van der Waals surface area (Å²) >= 11 is 0. The van der Waals surface area contributed by atoms with Crippen LogP contribution in [0.5, 0.6) is 0 Å². The van der Waals surface area contributed by atoms with Gasteiger partial charge < -0.3 is 27.9 Å². The van der Waals surface area contributed by atoms with Gasteiger partial charge in [-0.1, -0.05) is 392 Å². The number of hydrogen-bond donors (Lipinski definition) is 0. The second-order valence-corrected chi connectivity index (χ2v) is 30.2. The van der Waals surface area contributed by atoms with Crippen LogP contribution in [0.1, 0.15) is 431 Å². The number of ether oxygens (including phenoxy) is 2. The number of unbranched alkanes of at least 4 members (excludes halogenated alkanes) is 60. The lowest BCUT2D eigenvalue weighted by atomic mass is 10.0. The van der Waals surface area contributed by atoms with Gasteiger partial charge >= 0.3 is 11.9 Å². The number of likely N-dealkylation sites (N-methyl/N-ethyl adjacent to an activating group) is 1.